The predicted molar refractivity (Wildman–Crippen MR) is 72.8 cm³/mol. The Morgan fingerprint density at radius 3 is 2.72 bits per heavy atom. The van der Waals surface area contributed by atoms with Gasteiger partial charge in [0.05, 0.1) is 12.8 Å². The van der Waals surface area contributed by atoms with Crippen LogP contribution in [0.15, 0.2) is 36.4 Å². The number of hydrogen-bond acceptors (Lipinski definition) is 4. The largest absolute Gasteiger partial charge is 0.497 e. The Morgan fingerprint density at radius 1 is 1.17 bits per heavy atom. The third kappa shape index (κ3) is 2.97. The summed E-state index contributed by atoms with van der Waals surface area (Å²) in [6, 6.07) is 11.7. The highest BCUT2D eigenvalue weighted by molar-refractivity contribution is 5.61. The summed E-state index contributed by atoms with van der Waals surface area (Å²) in [5, 5.41) is 11.6. The number of anilines is 1. The van der Waals surface area contributed by atoms with Gasteiger partial charge in [-0.25, -0.2) is 0 Å². The Labute approximate surface area is 107 Å². The molecule has 0 amide bonds. The number of nitrogens with one attached hydrogen (secondary N) is 1. The van der Waals surface area contributed by atoms with Gasteiger partial charge in [-0.05, 0) is 30.7 Å². The molecule has 2 aromatic rings. The van der Waals surface area contributed by atoms with Gasteiger partial charge in [0.25, 0.3) is 0 Å². The van der Waals surface area contributed by atoms with E-state index in [1.807, 2.05) is 36.4 Å². The lowest BCUT2D eigenvalue weighted by atomic mass is 10.1. The molecule has 0 saturated heterocycles. The van der Waals surface area contributed by atoms with Gasteiger partial charge < -0.3 is 10.1 Å². The van der Waals surface area contributed by atoms with Gasteiger partial charge in [-0.3, -0.25) is 0 Å². The maximum absolute atomic E-state index is 5.19. The van der Waals surface area contributed by atoms with Gasteiger partial charge in [-0.15, -0.1) is 10.2 Å². The first-order valence-corrected chi connectivity index (χ1v) is 6.05. The van der Waals surface area contributed by atoms with Crippen molar-refractivity contribution in [2.24, 2.45) is 0 Å². The number of aromatic nitrogens is 2. The Morgan fingerprint density at radius 2 is 2.06 bits per heavy atom. The van der Waals surface area contributed by atoms with Crippen molar-refractivity contribution in [3.63, 3.8) is 0 Å². The lowest BCUT2D eigenvalue weighted by Gasteiger charge is -2.05. The smallest absolute Gasteiger partial charge is 0.148 e. The highest BCUT2D eigenvalue weighted by Gasteiger charge is 2.02. The minimum absolute atomic E-state index is 0.809. The van der Waals surface area contributed by atoms with Crippen LogP contribution in [0, 0.1) is 0 Å². The monoisotopic (exact) mass is 243 g/mol. The van der Waals surface area contributed by atoms with Crippen LogP contribution in [0.1, 0.15) is 13.3 Å². The summed E-state index contributed by atoms with van der Waals surface area (Å²) in [6.07, 6.45) is 1.07. The second-order valence-electron chi connectivity index (χ2n) is 3.96. The number of benzene rings is 1. The normalized spacial score (nSPS) is 10.1. The molecule has 0 fully saturated rings. The molecule has 0 radical (unpaired) electrons. The number of hydrogen-bond donors (Lipinski definition) is 1. The molecule has 0 aliphatic rings. The molecule has 2 rings (SSSR count). The summed E-state index contributed by atoms with van der Waals surface area (Å²) >= 11 is 0. The van der Waals surface area contributed by atoms with Crippen molar-refractivity contribution in [1.82, 2.24) is 10.2 Å². The van der Waals surface area contributed by atoms with Crippen molar-refractivity contribution in [2.75, 3.05) is 19.0 Å². The van der Waals surface area contributed by atoms with Crippen LogP contribution in [0.2, 0.25) is 0 Å². The first-order chi connectivity index (χ1) is 8.83. The Balaban J connectivity index is 2.17. The van der Waals surface area contributed by atoms with Crippen molar-refractivity contribution in [1.29, 1.82) is 0 Å². The summed E-state index contributed by atoms with van der Waals surface area (Å²) in [5.41, 5.74) is 1.85. The molecule has 1 heterocycles. The molecule has 0 atom stereocenters. The van der Waals surface area contributed by atoms with Crippen LogP contribution in [0.5, 0.6) is 5.75 Å². The second kappa shape index (κ2) is 6.00. The average Bonchev–Trinajstić information content (AvgIpc) is 2.46. The average molecular weight is 243 g/mol. The molecule has 1 aromatic heterocycles. The minimum Gasteiger partial charge on any atom is -0.497 e. The fourth-order valence-corrected chi connectivity index (χ4v) is 1.62. The summed E-state index contributed by atoms with van der Waals surface area (Å²) < 4.78 is 5.19. The summed E-state index contributed by atoms with van der Waals surface area (Å²) in [4.78, 5) is 0. The number of nitrogens with zero attached hydrogens (tertiary/aromatic N) is 2. The zero-order chi connectivity index (χ0) is 12.8. The van der Waals surface area contributed by atoms with Gasteiger partial charge in [-0.2, -0.15) is 0 Å². The molecule has 0 spiro atoms. The first kappa shape index (κ1) is 12.4. The fraction of sp³-hybridized carbons (Fsp3) is 0.286. The van der Waals surface area contributed by atoms with Crippen molar-refractivity contribution in [2.45, 2.75) is 13.3 Å². The molecular weight excluding hydrogens is 226 g/mol. The first-order valence-electron chi connectivity index (χ1n) is 6.05. The van der Waals surface area contributed by atoms with Crippen LogP contribution in [0.4, 0.5) is 5.82 Å². The molecule has 4 nitrogen and oxygen atoms in total. The third-order valence-corrected chi connectivity index (χ3v) is 2.59. The van der Waals surface area contributed by atoms with Crippen molar-refractivity contribution < 1.29 is 4.74 Å². The Bertz CT molecular complexity index is 497. The van der Waals surface area contributed by atoms with Gasteiger partial charge in [-0.1, -0.05) is 19.1 Å². The molecule has 0 bridgehead atoms. The highest BCUT2D eigenvalue weighted by Crippen LogP contribution is 2.21. The van der Waals surface area contributed by atoms with E-state index in [-0.39, 0.29) is 0 Å². The SMILES string of the molecule is CCCNc1ccc(-c2cccc(OC)c2)nn1. The van der Waals surface area contributed by atoms with Gasteiger partial charge in [0.2, 0.25) is 0 Å². The van der Waals surface area contributed by atoms with Gasteiger partial charge in [0.1, 0.15) is 11.6 Å². The van der Waals surface area contributed by atoms with Crippen LogP contribution >= 0.6 is 0 Å². The standard InChI is InChI=1S/C14H17N3O/c1-3-9-15-14-8-7-13(16-17-14)11-5-4-6-12(10-11)18-2/h4-8,10H,3,9H2,1-2H3,(H,15,17). The van der Waals surface area contributed by atoms with E-state index in [4.69, 9.17) is 4.74 Å². The lowest BCUT2D eigenvalue weighted by Crippen LogP contribution is -2.02. The zero-order valence-electron chi connectivity index (χ0n) is 10.7. The number of methoxy groups -OCH3 is 1. The molecule has 1 N–H and O–H groups in total. The van der Waals surface area contributed by atoms with Crippen LogP contribution in [-0.2, 0) is 0 Å². The molecule has 18 heavy (non-hydrogen) atoms. The van der Waals surface area contributed by atoms with E-state index < -0.39 is 0 Å². The van der Waals surface area contributed by atoms with Gasteiger partial charge in [0, 0.05) is 12.1 Å². The van der Waals surface area contributed by atoms with Crippen molar-refractivity contribution in [3.8, 4) is 17.0 Å². The van der Waals surface area contributed by atoms with Crippen molar-refractivity contribution in [3.05, 3.63) is 36.4 Å². The van der Waals surface area contributed by atoms with E-state index in [1.54, 1.807) is 7.11 Å². The van der Waals surface area contributed by atoms with E-state index in [9.17, 15) is 0 Å². The second-order valence-corrected chi connectivity index (χ2v) is 3.96. The summed E-state index contributed by atoms with van der Waals surface area (Å²) in [7, 11) is 1.66. The molecule has 0 aliphatic heterocycles. The maximum atomic E-state index is 5.19. The van der Waals surface area contributed by atoms with E-state index in [0.29, 0.717) is 0 Å². The summed E-state index contributed by atoms with van der Waals surface area (Å²) in [5.74, 6) is 1.63. The minimum atomic E-state index is 0.809. The van der Waals surface area contributed by atoms with Gasteiger partial charge in [0.15, 0.2) is 0 Å². The highest BCUT2D eigenvalue weighted by atomic mass is 16.5. The zero-order valence-corrected chi connectivity index (χ0v) is 10.7. The Kier molecular flexibility index (Phi) is 4.12. The van der Waals surface area contributed by atoms with Crippen LogP contribution in [0.3, 0.4) is 0 Å². The maximum Gasteiger partial charge on any atom is 0.148 e. The quantitative estimate of drug-likeness (QED) is 0.877. The molecule has 94 valence electrons. The lowest BCUT2D eigenvalue weighted by molar-refractivity contribution is 0.415. The molecule has 0 unspecified atom stereocenters. The van der Waals surface area contributed by atoms with Crippen LogP contribution in [-0.4, -0.2) is 23.9 Å². The van der Waals surface area contributed by atoms with E-state index >= 15 is 0 Å². The predicted octanol–water partition coefficient (Wildman–Crippen LogP) is 2.97. The van der Waals surface area contributed by atoms with Crippen LogP contribution < -0.4 is 10.1 Å². The topological polar surface area (TPSA) is 47.0 Å². The number of ether oxygens (including phenoxy) is 1. The number of rotatable bonds is 5. The van der Waals surface area contributed by atoms with Gasteiger partial charge >= 0.3 is 0 Å². The fourth-order valence-electron chi connectivity index (χ4n) is 1.62. The molecule has 1 aromatic carbocycles. The Hall–Kier alpha value is -2.10. The van der Waals surface area contributed by atoms with Crippen molar-refractivity contribution >= 4 is 5.82 Å². The summed E-state index contributed by atoms with van der Waals surface area (Å²) in [6.45, 7) is 3.03. The molecule has 4 heteroatoms. The molecule has 0 aliphatic carbocycles. The molecular formula is C14H17N3O. The van der Waals surface area contributed by atoms with E-state index in [2.05, 4.69) is 22.4 Å². The molecule has 0 saturated carbocycles. The van der Waals surface area contributed by atoms with Crippen LogP contribution in [0.25, 0.3) is 11.3 Å². The van der Waals surface area contributed by atoms with E-state index in [1.165, 1.54) is 0 Å². The third-order valence-electron chi connectivity index (χ3n) is 2.59. The van der Waals surface area contributed by atoms with E-state index in [0.717, 1.165) is 35.8 Å².